The third kappa shape index (κ3) is 1.79. The highest BCUT2D eigenvalue weighted by atomic mass is 19.1. The largest absolute Gasteiger partial charge is 0.384 e. The van der Waals surface area contributed by atoms with E-state index in [1.54, 1.807) is 0 Å². The highest BCUT2D eigenvalue weighted by Gasteiger charge is 2.43. The summed E-state index contributed by atoms with van der Waals surface area (Å²) in [4.78, 5) is 0. The zero-order valence-electron chi connectivity index (χ0n) is 8.38. The van der Waals surface area contributed by atoms with Crippen molar-refractivity contribution in [2.45, 2.75) is 37.7 Å². The van der Waals surface area contributed by atoms with E-state index in [4.69, 9.17) is 0 Å². The normalized spacial score (nSPS) is 36.6. The maximum Gasteiger partial charge on any atom is 0.121 e. The monoisotopic (exact) mass is 204 g/mol. The van der Waals surface area contributed by atoms with E-state index in [-0.39, 0.29) is 0 Å². The van der Waals surface area contributed by atoms with Crippen molar-refractivity contribution in [2.24, 2.45) is 17.8 Å². The second kappa shape index (κ2) is 3.76. The van der Waals surface area contributed by atoms with Crippen LogP contribution in [0.2, 0.25) is 0 Å². The van der Waals surface area contributed by atoms with Gasteiger partial charge in [-0.05, 0) is 43.4 Å². The van der Waals surface area contributed by atoms with Gasteiger partial charge in [-0.15, -0.1) is 0 Å². The van der Waals surface area contributed by atoms with Crippen molar-refractivity contribution in [3.8, 4) is 0 Å². The van der Waals surface area contributed by atoms with Crippen molar-refractivity contribution < 1.29 is 13.9 Å². The van der Waals surface area contributed by atoms with Crippen molar-refractivity contribution in [3.05, 3.63) is 0 Å². The molecular formula is C11H18F2O. The van der Waals surface area contributed by atoms with Gasteiger partial charge in [-0.2, -0.15) is 0 Å². The van der Waals surface area contributed by atoms with Crippen LogP contribution in [0.15, 0.2) is 0 Å². The van der Waals surface area contributed by atoms with Gasteiger partial charge in [0, 0.05) is 0 Å². The summed E-state index contributed by atoms with van der Waals surface area (Å²) in [5.41, 5.74) is -1.69. The standard InChI is InChI=1S/C11H18F2O/c12-6-11(14,7-13)5-10-4-8-1-2-9(10)3-8/h8-10,14H,1-7H2. The van der Waals surface area contributed by atoms with Gasteiger partial charge in [0.25, 0.3) is 0 Å². The molecule has 2 aliphatic carbocycles. The lowest BCUT2D eigenvalue weighted by molar-refractivity contribution is -0.0322. The third-order valence-corrected chi connectivity index (χ3v) is 4.02. The summed E-state index contributed by atoms with van der Waals surface area (Å²) >= 11 is 0. The predicted molar refractivity (Wildman–Crippen MR) is 50.5 cm³/mol. The molecule has 82 valence electrons. The minimum Gasteiger partial charge on any atom is -0.384 e. The second-order valence-electron chi connectivity index (χ2n) is 5.13. The summed E-state index contributed by atoms with van der Waals surface area (Å²) in [6.07, 6.45) is 5.10. The van der Waals surface area contributed by atoms with Gasteiger partial charge in [0.1, 0.15) is 19.0 Å². The Bertz CT molecular complexity index is 203. The zero-order valence-corrected chi connectivity index (χ0v) is 8.38. The molecule has 1 nitrogen and oxygen atoms in total. The van der Waals surface area contributed by atoms with Crippen LogP contribution in [0, 0.1) is 17.8 Å². The molecule has 0 aliphatic heterocycles. The summed E-state index contributed by atoms with van der Waals surface area (Å²) in [5, 5.41) is 9.57. The first kappa shape index (κ1) is 10.3. The quantitative estimate of drug-likeness (QED) is 0.746. The molecular weight excluding hydrogens is 186 g/mol. The number of rotatable bonds is 4. The molecule has 0 amide bonds. The SMILES string of the molecule is OC(CF)(CF)CC1CC2CCC1C2. The van der Waals surface area contributed by atoms with Gasteiger partial charge in [0.15, 0.2) is 0 Å². The molecule has 0 spiro atoms. The van der Waals surface area contributed by atoms with Crippen molar-refractivity contribution in [2.75, 3.05) is 13.3 Å². The maximum absolute atomic E-state index is 12.4. The highest BCUT2D eigenvalue weighted by molar-refractivity contribution is 4.93. The van der Waals surface area contributed by atoms with E-state index >= 15 is 0 Å². The van der Waals surface area contributed by atoms with Crippen LogP contribution in [0.4, 0.5) is 8.78 Å². The molecule has 2 fully saturated rings. The Hall–Kier alpha value is -0.180. The van der Waals surface area contributed by atoms with E-state index in [2.05, 4.69) is 0 Å². The smallest absolute Gasteiger partial charge is 0.121 e. The molecule has 2 aliphatic rings. The Kier molecular flexibility index (Phi) is 2.78. The maximum atomic E-state index is 12.4. The molecule has 3 heteroatoms. The number of aliphatic hydroxyl groups is 1. The first-order chi connectivity index (χ1) is 6.67. The Balaban J connectivity index is 1.91. The highest BCUT2D eigenvalue weighted by Crippen LogP contribution is 2.50. The average Bonchev–Trinajstić information content (AvgIpc) is 2.79. The number of fused-ring (bicyclic) bond motifs is 2. The van der Waals surface area contributed by atoms with Crippen LogP contribution in [0.1, 0.15) is 32.1 Å². The van der Waals surface area contributed by atoms with Gasteiger partial charge in [0.2, 0.25) is 0 Å². The van der Waals surface area contributed by atoms with Crippen molar-refractivity contribution in [1.82, 2.24) is 0 Å². The number of halogens is 2. The van der Waals surface area contributed by atoms with Crippen LogP contribution in [-0.4, -0.2) is 24.1 Å². The molecule has 0 aromatic rings. The lowest BCUT2D eigenvalue weighted by Gasteiger charge is -2.29. The van der Waals surface area contributed by atoms with Crippen LogP contribution in [-0.2, 0) is 0 Å². The third-order valence-electron chi connectivity index (χ3n) is 4.02. The van der Waals surface area contributed by atoms with E-state index in [9.17, 15) is 13.9 Å². The lowest BCUT2D eigenvalue weighted by atomic mass is 9.81. The van der Waals surface area contributed by atoms with Crippen molar-refractivity contribution >= 4 is 0 Å². The minimum atomic E-state index is -1.69. The fourth-order valence-electron chi connectivity index (χ4n) is 3.26. The van der Waals surface area contributed by atoms with Crippen molar-refractivity contribution in [1.29, 1.82) is 0 Å². The Morgan fingerprint density at radius 3 is 2.29 bits per heavy atom. The Morgan fingerprint density at radius 2 is 1.86 bits per heavy atom. The summed E-state index contributed by atoms with van der Waals surface area (Å²) < 4.78 is 24.9. The van der Waals surface area contributed by atoms with Crippen LogP contribution in [0.5, 0.6) is 0 Å². The van der Waals surface area contributed by atoms with Crippen molar-refractivity contribution in [3.63, 3.8) is 0 Å². The summed E-state index contributed by atoms with van der Waals surface area (Å²) in [6, 6.07) is 0. The fraction of sp³-hybridized carbons (Fsp3) is 1.00. The Morgan fingerprint density at radius 1 is 1.14 bits per heavy atom. The predicted octanol–water partition coefficient (Wildman–Crippen LogP) is 2.48. The van der Waals surface area contributed by atoms with E-state index in [0.29, 0.717) is 18.3 Å². The fourth-order valence-corrected chi connectivity index (χ4v) is 3.26. The first-order valence-electron chi connectivity index (χ1n) is 5.51. The van der Waals surface area contributed by atoms with Crippen LogP contribution in [0.3, 0.4) is 0 Å². The molecule has 1 N–H and O–H groups in total. The molecule has 0 radical (unpaired) electrons. The topological polar surface area (TPSA) is 20.2 Å². The molecule has 2 rings (SSSR count). The van der Waals surface area contributed by atoms with Crippen LogP contribution < -0.4 is 0 Å². The van der Waals surface area contributed by atoms with E-state index < -0.39 is 19.0 Å². The number of alkyl halides is 2. The van der Waals surface area contributed by atoms with Crippen LogP contribution in [0.25, 0.3) is 0 Å². The molecule has 3 atom stereocenters. The van der Waals surface area contributed by atoms with Crippen LogP contribution >= 0.6 is 0 Å². The molecule has 2 saturated carbocycles. The van der Waals surface area contributed by atoms with Gasteiger partial charge < -0.3 is 5.11 Å². The second-order valence-corrected chi connectivity index (χ2v) is 5.13. The average molecular weight is 204 g/mol. The molecule has 14 heavy (non-hydrogen) atoms. The summed E-state index contributed by atoms with van der Waals surface area (Å²) in [5.74, 6) is 1.77. The summed E-state index contributed by atoms with van der Waals surface area (Å²) in [7, 11) is 0. The molecule has 0 heterocycles. The van der Waals surface area contributed by atoms with E-state index in [0.717, 1.165) is 12.3 Å². The molecule has 0 aromatic carbocycles. The number of hydrogen-bond donors (Lipinski definition) is 1. The summed E-state index contributed by atoms with van der Waals surface area (Å²) in [6.45, 7) is -1.89. The number of hydrogen-bond acceptors (Lipinski definition) is 1. The van der Waals surface area contributed by atoms with Gasteiger partial charge in [-0.25, -0.2) is 8.78 Å². The molecule has 2 bridgehead atoms. The van der Waals surface area contributed by atoms with Gasteiger partial charge in [-0.3, -0.25) is 0 Å². The zero-order chi connectivity index (χ0) is 10.2. The van der Waals surface area contributed by atoms with Gasteiger partial charge in [-0.1, -0.05) is 6.42 Å². The molecule has 0 aromatic heterocycles. The molecule has 0 saturated heterocycles. The Labute approximate surface area is 83.5 Å². The van der Waals surface area contributed by atoms with Gasteiger partial charge in [0.05, 0.1) is 0 Å². The van der Waals surface area contributed by atoms with E-state index in [1.165, 1.54) is 19.3 Å². The first-order valence-corrected chi connectivity index (χ1v) is 5.51. The van der Waals surface area contributed by atoms with E-state index in [1.807, 2.05) is 0 Å². The van der Waals surface area contributed by atoms with Gasteiger partial charge >= 0.3 is 0 Å². The minimum absolute atomic E-state index is 0.321. The lowest BCUT2D eigenvalue weighted by Crippen LogP contribution is -2.37. The molecule has 3 unspecified atom stereocenters.